The average Bonchev–Trinajstić information content (AvgIpc) is 2.58. The lowest BCUT2D eigenvalue weighted by molar-refractivity contribution is 0.607. The zero-order valence-electron chi connectivity index (χ0n) is 8.23. The number of fused-ring (bicyclic) bond motifs is 1. The maximum atomic E-state index is 6.03. The van der Waals surface area contributed by atoms with Gasteiger partial charge in [0.1, 0.15) is 0 Å². The summed E-state index contributed by atoms with van der Waals surface area (Å²) in [7, 11) is 1.92. The van der Waals surface area contributed by atoms with E-state index in [-0.39, 0.29) is 0 Å². The third kappa shape index (κ3) is 1.41. The van der Waals surface area contributed by atoms with Crippen LogP contribution < -0.4 is 5.32 Å². The van der Waals surface area contributed by atoms with Crippen LogP contribution in [0.15, 0.2) is 22.8 Å². The van der Waals surface area contributed by atoms with Crippen LogP contribution in [0.3, 0.4) is 0 Å². The van der Waals surface area contributed by atoms with Crippen molar-refractivity contribution in [2.24, 2.45) is 0 Å². The molecule has 1 heterocycles. The summed E-state index contributed by atoms with van der Waals surface area (Å²) >= 11 is 6.03. The number of halogens is 1. The first-order valence-electron chi connectivity index (χ1n) is 4.54. The molecule has 1 aromatic heterocycles. The molecular weight excluding hydrogens is 198 g/mol. The van der Waals surface area contributed by atoms with Gasteiger partial charge in [-0.15, -0.1) is 0 Å². The first-order chi connectivity index (χ1) is 6.74. The van der Waals surface area contributed by atoms with E-state index in [1.807, 2.05) is 19.2 Å². The summed E-state index contributed by atoms with van der Waals surface area (Å²) in [6.45, 7) is 2.86. The van der Waals surface area contributed by atoms with Crippen LogP contribution in [0.5, 0.6) is 0 Å². The third-order valence-electron chi connectivity index (χ3n) is 2.33. The van der Waals surface area contributed by atoms with Crippen molar-refractivity contribution in [1.29, 1.82) is 0 Å². The molecule has 74 valence electrons. The minimum Gasteiger partial charge on any atom is -0.462 e. The van der Waals surface area contributed by atoms with Gasteiger partial charge < -0.3 is 9.73 Å². The first-order valence-corrected chi connectivity index (χ1v) is 4.91. The monoisotopic (exact) mass is 209 g/mol. The topological polar surface area (TPSA) is 25.2 Å². The maximum absolute atomic E-state index is 6.03. The second-order valence-electron chi connectivity index (χ2n) is 3.36. The van der Waals surface area contributed by atoms with Crippen molar-refractivity contribution in [2.75, 3.05) is 7.05 Å². The molecular formula is C11H12ClNO. The van der Waals surface area contributed by atoms with Crippen molar-refractivity contribution >= 4 is 22.6 Å². The minimum absolute atomic E-state index is 0.674. The summed E-state index contributed by atoms with van der Waals surface area (Å²) in [6.07, 6.45) is 1.76. The Labute approximate surface area is 87.9 Å². The Hall–Kier alpha value is -0.990. The molecule has 0 radical (unpaired) electrons. The van der Waals surface area contributed by atoms with Gasteiger partial charge in [-0.3, -0.25) is 0 Å². The number of aryl methyl sites for hydroxylation is 1. The quantitative estimate of drug-likeness (QED) is 0.822. The molecule has 0 aliphatic carbocycles. The highest BCUT2D eigenvalue weighted by atomic mass is 35.5. The Morgan fingerprint density at radius 1 is 1.43 bits per heavy atom. The van der Waals surface area contributed by atoms with Crippen LogP contribution in [0.4, 0.5) is 0 Å². The number of rotatable bonds is 2. The number of furan rings is 1. The molecule has 0 saturated heterocycles. The molecule has 0 bridgehead atoms. The molecule has 3 heteroatoms. The number of benzene rings is 1. The van der Waals surface area contributed by atoms with E-state index in [9.17, 15) is 0 Å². The first kappa shape index (κ1) is 9.56. The smallest absolute Gasteiger partial charge is 0.153 e. The molecule has 0 spiro atoms. The van der Waals surface area contributed by atoms with E-state index in [0.717, 1.165) is 23.1 Å². The normalized spacial score (nSPS) is 11.1. The van der Waals surface area contributed by atoms with Crippen molar-refractivity contribution in [3.05, 3.63) is 34.5 Å². The van der Waals surface area contributed by atoms with Gasteiger partial charge in [0.25, 0.3) is 0 Å². The molecule has 2 aromatic rings. The second-order valence-corrected chi connectivity index (χ2v) is 3.77. The van der Waals surface area contributed by atoms with Gasteiger partial charge >= 0.3 is 0 Å². The lowest BCUT2D eigenvalue weighted by Crippen LogP contribution is -2.04. The van der Waals surface area contributed by atoms with E-state index >= 15 is 0 Å². The van der Waals surface area contributed by atoms with Crippen molar-refractivity contribution in [2.45, 2.75) is 13.5 Å². The molecule has 0 atom stereocenters. The average molecular weight is 210 g/mol. The van der Waals surface area contributed by atoms with E-state index in [2.05, 4.69) is 12.2 Å². The molecule has 1 aromatic carbocycles. The van der Waals surface area contributed by atoms with Crippen LogP contribution in [0.25, 0.3) is 11.0 Å². The molecule has 1 N–H and O–H groups in total. The highest BCUT2D eigenvalue weighted by Crippen LogP contribution is 2.30. The molecule has 0 aliphatic rings. The lowest BCUT2D eigenvalue weighted by Gasteiger charge is -2.00. The highest BCUT2D eigenvalue weighted by molar-refractivity contribution is 6.35. The van der Waals surface area contributed by atoms with Gasteiger partial charge in [0.2, 0.25) is 0 Å². The summed E-state index contributed by atoms with van der Waals surface area (Å²) in [5.41, 5.74) is 3.14. The number of hydrogen-bond donors (Lipinski definition) is 1. The van der Waals surface area contributed by atoms with Gasteiger partial charge in [-0.25, -0.2) is 0 Å². The van der Waals surface area contributed by atoms with Crippen molar-refractivity contribution in [1.82, 2.24) is 5.32 Å². The molecule has 0 fully saturated rings. The van der Waals surface area contributed by atoms with Crippen molar-refractivity contribution in [3.63, 3.8) is 0 Å². The van der Waals surface area contributed by atoms with Crippen LogP contribution in [0.2, 0.25) is 5.02 Å². The van der Waals surface area contributed by atoms with Gasteiger partial charge in [0.15, 0.2) is 5.58 Å². The van der Waals surface area contributed by atoms with E-state index in [4.69, 9.17) is 16.0 Å². The molecule has 0 aliphatic heterocycles. The van der Waals surface area contributed by atoms with Crippen LogP contribution in [0.1, 0.15) is 11.1 Å². The fraction of sp³-hybridized carbons (Fsp3) is 0.273. The number of nitrogens with one attached hydrogen (secondary N) is 1. The van der Waals surface area contributed by atoms with Gasteiger partial charge in [-0.1, -0.05) is 17.7 Å². The van der Waals surface area contributed by atoms with Crippen LogP contribution >= 0.6 is 11.6 Å². The molecule has 2 nitrogen and oxygen atoms in total. The van der Waals surface area contributed by atoms with Crippen LogP contribution in [-0.2, 0) is 6.54 Å². The Morgan fingerprint density at radius 2 is 2.21 bits per heavy atom. The predicted octanol–water partition coefficient (Wildman–Crippen LogP) is 3.11. The van der Waals surface area contributed by atoms with Gasteiger partial charge in [0, 0.05) is 17.5 Å². The number of hydrogen-bond acceptors (Lipinski definition) is 2. The Kier molecular flexibility index (Phi) is 2.48. The summed E-state index contributed by atoms with van der Waals surface area (Å²) < 4.78 is 5.44. The van der Waals surface area contributed by atoms with E-state index in [0.29, 0.717) is 5.02 Å². The summed E-state index contributed by atoms with van der Waals surface area (Å²) in [5.74, 6) is 0. The summed E-state index contributed by atoms with van der Waals surface area (Å²) in [6, 6.07) is 3.88. The Balaban J connectivity index is 2.70. The van der Waals surface area contributed by atoms with Crippen molar-refractivity contribution in [3.8, 4) is 0 Å². The Morgan fingerprint density at radius 3 is 2.93 bits per heavy atom. The molecule has 2 rings (SSSR count). The van der Waals surface area contributed by atoms with Crippen LogP contribution in [-0.4, -0.2) is 7.05 Å². The zero-order chi connectivity index (χ0) is 10.1. The molecule has 0 saturated carbocycles. The third-order valence-corrected chi connectivity index (χ3v) is 2.62. The van der Waals surface area contributed by atoms with E-state index < -0.39 is 0 Å². The van der Waals surface area contributed by atoms with E-state index in [1.54, 1.807) is 6.26 Å². The fourth-order valence-corrected chi connectivity index (χ4v) is 1.88. The van der Waals surface area contributed by atoms with Crippen molar-refractivity contribution < 1.29 is 4.42 Å². The minimum atomic E-state index is 0.674. The molecule has 0 unspecified atom stereocenters. The SMILES string of the molecule is CNCc1coc2c(Cl)ccc(C)c12. The standard InChI is InChI=1S/C11H12ClNO/c1-7-3-4-9(12)11-10(7)8(5-13-2)6-14-11/h3-4,6,13H,5H2,1-2H3. The fourth-order valence-electron chi connectivity index (χ4n) is 1.68. The zero-order valence-corrected chi connectivity index (χ0v) is 8.98. The lowest BCUT2D eigenvalue weighted by atomic mass is 10.1. The molecule has 0 amide bonds. The van der Waals surface area contributed by atoms with Gasteiger partial charge in [-0.2, -0.15) is 0 Å². The van der Waals surface area contributed by atoms with Crippen LogP contribution in [0, 0.1) is 6.92 Å². The molecule has 14 heavy (non-hydrogen) atoms. The highest BCUT2D eigenvalue weighted by Gasteiger charge is 2.10. The second kappa shape index (κ2) is 3.64. The Bertz CT molecular complexity index is 462. The van der Waals surface area contributed by atoms with Gasteiger partial charge in [0.05, 0.1) is 11.3 Å². The summed E-state index contributed by atoms with van der Waals surface area (Å²) in [5, 5.41) is 4.91. The van der Waals surface area contributed by atoms with E-state index in [1.165, 1.54) is 5.56 Å². The predicted molar refractivity (Wildman–Crippen MR) is 58.7 cm³/mol. The van der Waals surface area contributed by atoms with Gasteiger partial charge in [-0.05, 0) is 25.6 Å². The summed E-state index contributed by atoms with van der Waals surface area (Å²) in [4.78, 5) is 0. The maximum Gasteiger partial charge on any atom is 0.153 e. The largest absolute Gasteiger partial charge is 0.462 e.